The summed E-state index contributed by atoms with van der Waals surface area (Å²) in [5.74, 6) is 1.50. The van der Waals surface area contributed by atoms with Gasteiger partial charge in [0.25, 0.3) is 0 Å². The van der Waals surface area contributed by atoms with Gasteiger partial charge in [-0.05, 0) is 51.1 Å². The average molecular weight is 377 g/mol. The van der Waals surface area contributed by atoms with Gasteiger partial charge in [0.15, 0.2) is 5.96 Å². The number of nitrogens with one attached hydrogen (secondary N) is 2. The van der Waals surface area contributed by atoms with Crippen LogP contribution in [-0.4, -0.2) is 80.8 Å². The number of unbranched alkanes of at least 4 members (excludes halogenated alkanes) is 1. The van der Waals surface area contributed by atoms with E-state index in [1.54, 1.807) is 7.05 Å². The van der Waals surface area contributed by atoms with Crippen LogP contribution in [0.25, 0.3) is 0 Å². The van der Waals surface area contributed by atoms with E-state index < -0.39 is 12.7 Å². The summed E-state index contributed by atoms with van der Waals surface area (Å²) in [6.45, 7) is 6.79. The van der Waals surface area contributed by atoms with Crippen molar-refractivity contribution in [1.82, 2.24) is 20.4 Å². The molecule has 2 N–H and O–H groups in total. The number of aliphatic imine (C=N–C) groups is 1. The lowest BCUT2D eigenvalue weighted by Gasteiger charge is -2.30. The number of hydrogen-bond donors (Lipinski definition) is 2. The molecule has 0 radical (unpaired) electrons. The highest BCUT2D eigenvalue weighted by Gasteiger charge is 2.34. The Kier molecular flexibility index (Phi) is 8.47. The molecule has 0 amide bonds. The first-order valence-corrected chi connectivity index (χ1v) is 9.84. The van der Waals surface area contributed by atoms with E-state index in [0.29, 0.717) is 25.5 Å². The average Bonchev–Trinajstić information content (AvgIpc) is 2.98. The molecular weight excluding hydrogens is 343 g/mol. The molecule has 8 heteroatoms. The third-order valence-electron chi connectivity index (χ3n) is 5.17. The molecule has 2 unspecified atom stereocenters. The first-order valence-electron chi connectivity index (χ1n) is 9.84. The van der Waals surface area contributed by atoms with Crippen LogP contribution in [0.4, 0.5) is 13.2 Å². The van der Waals surface area contributed by atoms with Crippen molar-refractivity contribution >= 4 is 5.96 Å². The molecule has 2 aliphatic heterocycles. The molecule has 0 aliphatic carbocycles. The number of nitrogens with zero attached hydrogens (tertiary/aromatic N) is 3. The predicted molar refractivity (Wildman–Crippen MR) is 99.5 cm³/mol. The lowest BCUT2D eigenvalue weighted by Crippen LogP contribution is -2.45. The summed E-state index contributed by atoms with van der Waals surface area (Å²) in [4.78, 5) is 8.19. The van der Waals surface area contributed by atoms with Gasteiger partial charge in [0, 0.05) is 39.3 Å². The van der Waals surface area contributed by atoms with Gasteiger partial charge in [-0.3, -0.25) is 9.89 Å². The lowest BCUT2D eigenvalue weighted by molar-refractivity contribution is -0.143. The van der Waals surface area contributed by atoms with Crippen LogP contribution in [-0.2, 0) is 0 Å². The Labute approximate surface area is 155 Å². The van der Waals surface area contributed by atoms with Crippen LogP contribution in [0.2, 0.25) is 0 Å². The Hall–Kier alpha value is -1.02. The van der Waals surface area contributed by atoms with E-state index in [2.05, 4.69) is 27.4 Å². The third-order valence-corrected chi connectivity index (χ3v) is 5.17. The minimum Gasteiger partial charge on any atom is -0.356 e. The molecule has 2 saturated heterocycles. The number of guanidine groups is 1. The van der Waals surface area contributed by atoms with Crippen LogP contribution in [0.5, 0.6) is 0 Å². The Morgan fingerprint density at radius 2 is 1.92 bits per heavy atom. The number of piperidine rings is 1. The molecule has 2 rings (SSSR count). The minimum atomic E-state index is -4.12. The van der Waals surface area contributed by atoms with Crippen LogP contribution in [0.3, 0.4) is 0 Å². The van der Waals surface area contributed by atoms with Crippen molar-refractivity contribution in [1.29, 1.82) is 0 Å². The molecule has 2 fully saturated rings. The normalized spacial score (nSPS) is 26.3. The van der Waals surface area contributed by atoms with Gasteiger partial charge in [-0.1, -0.05) is 6.92 Å². The molecule has 0 aromatic carbocycles. The zero-order valence-corrected chi connectivity index (χ0v) is 16.1. The monoisotopic (exact) mass is 377 g/mol. The van der Waals surface area contributed by atoms with Crippen LogP contribution < -0.4 is 10.6 Å². The van der Waals surface area contributed by atoms with Crippen molar-refractivity contribution in [2.45, 2.75) is 51.2 Å². The molecule has 0 bridgehead atoms. The topological polar surface area (TPSA) is 42.9 Å². The standard InChI is InChI=1S/C18H34F3N5/c1-15-6-5-10-25(12-15)9-4-3-8-23-17(22-2)24-16-7-11-26(13-16)14-18(19,20)21/h15-16H,3-14H2,1-2H3,(H2,22,23,24). The van der Waals surface area contributed by atoms with E-state index in [1.807, 2.05) is 0 Å². The van der Waals surface area contributed by atoms with Crippen LogP contribution in [0, 0.1) is 5.92 Å². The zero-order chi connectivity index (χ0) is 19.0. The fourth-order valence-electron chi connectivity index (χ4n) is 3.89. The Morgan fingerprint density at radius 1 is 1.12 bits per heavy atom. The van der Waals surface area contributed by atoms with E-state index in [1.165, 1.54) is 30.8 Å². The fourth-order valence-corrected chi connectivity index (χ4v) is 3.89. The SMILES string of the molecule is CN=C(NCCCCN1CCCC(C)C1)NC1CCN(CC(F)(F)F)C1. The second-order valence-electron chi connectivity index (χ2n) is 7.73. The molecule has 0 aromatic heterocycles. The molecule has 26 heavy (non-hydrogen) atoms. The van der Waals surface area contributed by atoms with Crippen molar-refractivity contribution < 1.29 is 13.2 Å². The van der Waals surface area contributed by atoms with Gasteiger partial charge >= 0.3 is 6.18 Å². The molecular formula is C18H34F3N5. The number of alkyl halides is 3. The van der Waals surface area contributed by atoms with Crippen LogP contribution in [0.1, 0.15) is 39.0 Å². The van der Waals surface area contributed by atoms with Crippen molar-refractivity contribution in [3.8, 4) is 0 Å². The number of likely N-dealkylation sites (tertiary alicyclic amines) is 2. The molecule has 0 aromatic rings. The number of rotatable bonds is 7. The van der Waals surface area contributed by atoms with Crippen molar-refractivity contribution in [3.63, 3.8) is 0 Å². The summed E-state index contributed by atoms with van der Waals surface area (Å²) in [5, 5.41) is 6.53. The molecule has 5 nitrogen and oxygen atoms in total. The molecule has 152 valence electrons. The quantitative estimate of drug-likeness (QED) is 0.406. The van der Waals surface area contributed by atoms with Crippen molar-refractivity contribution in [2.75, 3.05) is 52.9 Å². The van der Waals surface area contributed by atoms with E-state index >= 15 is 0 Å². The second-order valence-corrected chi connectivity index (χ2v) is 7.73. The molecule has 2 atom stereocenters. The highest BCUT2D eigenvalue weighted by molar-refractivity contribution is 5.79. The van der Waals surface area contributed by atoms with E-state index in [0.717, 1.165) is 31.8 Å². The summed E-state index contributed by atoms with van der Waals surface area (Å²) in [7, 11) is 1.70. The summed E-state index contributed by atoms with van der Waals surface area (Å²) in [6, 6.07) is 0.0263. The maximum atomic E-state index is 12.5. The molecule has 0 saturated carbocycles. The van der Waals surface area contributed by atoms with Gasteiger partial charge in [0.2, 0.25) is 0 Å². The minimum absolute atomic E-state index is 0.0263. The highest BCUT2D eigenvalue weighted by Crippen LogP contribution is 2.20. The van der Waals surface area contributed by atoms with Crippen molar-refractivity contribution in [3.05, 3.63) is 0 Å². The van der Waals surface area contributed by atoms with Gasteiger partial charge in [-0.15, -0.1) is 0 Å². The second kappa shape index (κ2) is 10.3. The smallest absolute Gasteiger partial charge is 0.356 e. The van der Waals surface area contributed by atoms with Gasteiger partial charge in [0.05, 0.1) is 6.54 Å². The van der Waals surface area contributed by atoms with Crippen molar-refractivity contribution in [2.24, 2.45) is 10.9 Å². The number of halogens is 3. The maximum Gasteiger partial charge on any atom is 0.401 e. The van der Waals surface area contributed by atoms with Gasteiger partial charge in [0.1, 0.15) is 0 Å². The Balaban J connectivity index is 1.57. The van der Waals surface area contributed by atoms with Gasteiger partial charge in [-0.25, -0.2) is 0 Å². The molecule has 0 spiro atoms. The number of hydrogen-bond acceptors (Lipinski definition) is 3. The Bertz CT molecular complexity index is 441. The summed E-state index contributed by atoms with van der Waals surface area (Å²) in [6.07, 6.45) is 1.46. The summed E-state index contributed by atoms with van der Waals surface area (Å²) < 4.78 is 37.4. The van der Waals surface area contributed by atoms with E-state index in [4.69, 9.17) is 0 Å². The third kappa shape index (κ3) is 8.12. The predicted octanol–water partition coefficient (Wildman–Crippen LogP) is 2.30. The van der Waals surface area contributed by atoms with Gasteiger partial charge in [-0.2, -0.15) is 13.2 Å². The van der Waals surface area contributed by atoms with Gasteiger partial charge < -0.3 is 15.5 Å². The summed E-state index contributed by atoms with van der Waals surface area (Å²) >= 11 is 0. The first-order chi connectivity index (χ1) is 12.4. The van der Waals surface area contributed by atoms with E-state index in [-0.39, 0.29) is 6.04 Å². The molecule has 2 aliphatic rings. The van der Waals surface area contributed by atoms with E-state index in [9.17, 15) is 13.2 Å². The van der Waals surface area contributed by atoms with Crippen LogP contribution in [0.15, 0.2) is 4.99 Å². The molecule has 2 heterocycles. The zero-order valence-electron chi connectivity index (χ0n) is 16.1. The highest BCUT2D eigenvalue weighted by atomic mass is 19.4. The first kappa shape index (κ1) is 21.3. The largest absolute Gasteiger partial charge is 0.401 e. The van der Waals surface area contributed by atoms with Crippen LogP contribution >= 0.6 is 0 Å². The lowest BCUT2D eigenvalue weighted by atomic mass is 10.0. The fraction of sp³-hybridized carbons (Fsp3) is 0.944. The Morgan fingerprint density at radius 3 is 2.62 bits per heavy atom. The summed E-state index contributed by atoms with van der Waals surface area (Å²) in [5.41, 5.74) is 0. The maximum absolute atomic E-state index is 12.5.